The first-order chi connectivity index (χ1) is 5.79. The molecule has 0 fully saturated rings. The molecule has 0 radical (unpaired) electrons. The van der Waals surface area contributed by atoms with Crippen molar-refractivity contribution in [3.05, 3.63) is 10.4 Å². The molecule has 0 aromatic carbocycles. The lowest BCUT2D eigenvalue weighted by atomic mass is 10.1. The SMILES string of the molecule is CC(C)N1CCCc2scnc21. The average molecular weight is 182 g/mol. The molecule has 66 valence electrons. The number of aromatic nitrogens is 1. The Labute approximate surface area is 77.2 Å². The fourth-order valence-electron chi connectivity index (χ4n) is 1.69. The van der Waals surface area contributed by atoms with Crippen molar-refractivity contribution in [3.63, 3.8) is 0 Å². The molecule has 0 aliphatic carbocycles. The molecule has 0 bridgehead atoms. The number of thiazole rings is 1. The monoisotopic (exact) mass is 182 g/mol. The van der Waals surface area contributed by atoms with Crippen molar-refractivity contribution in [2.75, 3.05) is 11.4 Å². The molecule has 0 atom stereocenters. The molecule has 0 amide bonds. The van der Waals surface area contributed by atoms with Gasteiger partial charge in [0.25, 0.3) is 0 Å². The molecule has 2 rings (SSSR count). The second-order valence-corrected chi connectivity index (χ2v) is 4.43. The molecule has 0 saturated heterocycles. The van der Waals surface area contributed by atoms with Crippen molar-refractivity contribution < 1.29 is 0 Å². The molecule has 2 heterocycles. The van der Waals surface area contributed by atoms with Gasteiger partial charge in [-0.1, -0.05) is 0 Å². The summed E-state index contributed by atoms with van der Waals surface area (Å²) < 4.78 is 0. The van der Waals surface area contributed by atoms with Gasteiger partial charge in [0.15, 0.2) is 0 Å². The molecular weight excluding hydrogens is 168 g/mol. The topological polar surface area (TPSA) is 16.1 Å². The van der Waals surface area contributed by atoms with Gasteiger partial charge < -0.3 is 4.90 Å². The van der Waals surface area contributed by atoms with E-state index in [1.54, 1.807) is 11.3 Å². The smallest absolute Gasteiger partial charge is 0.143 e. The van der Waals surface area contributed by atoms with Crippen LogP contribution < -0.4 is 4.90 Å². The van der Waals surface area contributed by atoms with Crippen molar-refractivity contribution in [1.82, 2.24) is 4.98 Å². The van der Waals surface area contributed by atoms with E-state index < -0.39 is 0 Å². The van der Waals surface area contributed by atoms with Crippen LogP contribution in [0.3, 0.4) is 0 Å². The Morgan fingerprint density at radius 3 is 3.17 bits per heavy atom. The van der Waals surface area contributed by atoms with E-state index in [2.05, 4.69) is 23.7 Å². The van der Waals surface area contributed by atoms with Crippen LogP contribution in [-0.2, 0) is 6.42 Å². The van der Waals surface area contributed by atoms with Crippen LogP contribution in [0.4, 0.5) is 5.82 Å². The van der Waals surface area contributed by atoms with Crippen molar-refractivity contribution in [1.29, 1.82) is 0 Å². The van der Waals surface area contributed by atoms with Gasteiger partial charge in [0.05, 0.1) is 5.51 Å². The highest BCUT2D eigenvalue weighted by Gasteiger charge is 2.20. The highest BCUT2D eigenvalue weighted by Crippen LogP contribution is 2.29. The zero-order valence-electron chi connectivity index (χ0n) is 7.58. The van der Waals surface area contributed by atoms with Crippen LogP contribution in [0.5, 0.6) is 0 Å². The minimum absolute atomic E-state index is 0.589. The number of aryl methyl sites for hydroxylation is 1. The number of hydrogen-bond acceptors (Lipinski definition) is 3. The highest BCUT2D eigenvalue weighted by molar-refractivity contribution is 7.10. The summed E-state index contributed by atoms with van der Waals surface area (Å²) in [4.78, 5) is 8.27. The lowest BCUT2D eigenvalue weighted by Crippen LogP contribution is -2.35. The predicted octanol–water partition coefficient (Wildman–Crippen LogP) is 2.30. The zero-order chi connectivity index (χ0) is 8.55. The number of hydrogen-bond donors (Lipinski definition) is 0. The molecular formula is C9H14N2S. The van der Waals surface area contributed by atoms with Crippen molar-refractivity contribution in [3.8, 4) is 0 Å². The fourth-order valence-corrected chi connectivity index (χ4v) is 2.51. The average Bonchev–Trinajstić information content (AvgIpc) is 2.49. The van der Waals surface area contributed by atoms with Gasteiger partial charge in [-0.15, -0.1) is 11.3 Å². The van der Waals surface area contributed by atoms with E-state index in [1.165, 1.54) is 30.1 Å². The molecule has 0 spiro atoms. The molecule has 1 aliphatic rings. The lowest BCUT2D eigenvalue weighted by molar-refractivity contribution is 0.622. The van der Waals surface area contributed by atoms with Crippen molar-refractivity contribution in [2.45, 2.75) is 32.7 Å². The Kier molecular flexibility index (Phi) is 2.05. The largest absolute Gasteiger partial charge is 0.353 e. The van der Waals surface area contributed by atoms with E-state index in [0.29, 0.717) is 6.04 Å². The summed E-state index contributed by atoms with van der Waals surface area (Å²) in [6.07, 6.45) is 2.51. The number of anilines is 1. The second-order valence-electron chi connectivity index (χ2n) is 3.49. The first-order valence-electron chi connectivity index (χ1n) is 4.48. The molecule has 0 unspecified atom stereocenters. The van der Waals surface area contributed by atoms with Gasteiger partial charge in [-0.05, 0) is 26.7 Å². The first kappa shape index (κ1) is 8.05. The third-order valence-corrected chi connectivity index (χ3v) is 3.20. The van der Waals surface area contributed by atoms with E-state index in [9.17, 15) is 0 Å². The van der Waals surface area contributed by atoms with Gasteiger partial charge in [-0.25, -0.2) is 4.98 Å². The van der Waals surface area contributed by atoms with Crippen molar-refractivity contribution in [2.24, 2.45) is 0 Å². The normalized spacial score (nSPS) is 16.8. The zero-order valence-corrected chi connectivity index (χ0v) is 8.40. The Morgan fingerprint density at radius 1 is 1.58 bits per heavy atom. The van der Waals surface area contributed by atoms with Gasteiger partial charge >= 0.3 is 0 Å². The maximum absolute atomic E-state index is 4.40. The summed E-state index contributed by atoms with van der Waals surface area (Å²) in [6.45, 7) is 5.64. The van der Waals surface area contributed by atoms with Gasteiger partial charge in [-0.3, -0.25) is 0 Å². The van der Waals surface area contributed by atoms with Crippen LogP contribution in [0.25, 0.3) is 0 Å². The highest BCUT2D eigenvalue weighted by atomic mass is 32.1. The van der Waals surface area contributed by atoms with E-state index in [-0.39, 0.29) is 0 Å². The molecule has 0 saturated carbocycles. The first-order valence-corrected chi connectivity index (χ1v) is 5.36. The molecule has 1 aromatic rings. The predicted molar refractivity (Wildman–Crippen MR) is 52.9 cm³/mol. The number of rotatable bonds is 1. The third kappa shape index (κ3) is 1.22. The number of fused-ring (bicyclic) bond motifs is 1. The fraction of sp³-hybridized carbons (Fsp3) is 0.667. The Hall–Kier alpha value is -0.570. The van der Waals surface area contributed by atoms with Crippen LogP contribution in [0.15, 0.2) is 5.51 Å². The molecule has 12 heavy (non-hydrogen) atoms. The maximum atomic E-state index is 4.40. The maximum Gasteiger partial charge on any atom is 0.143 e. The van der Waals surface area contributed by atoms with E-state index >= 15 is 0 Å². The molecule has 1 aliphatic heterocycles. The van der Waals surface area contributed by atoms with Crippen LogP contribution in [0, 0.1) is 0 Å². The molecule has 1 aromatic heterocycles. The van der Waals surface area contributed by atoms with Crippen LogP contribution in [0.1, 0.15) is 25.1 Å². The number of nitrogens with zero attached hydrogens (tertiary/aromatic N) is 2. The van der Waals surface area contributed by atoms with E-state index in [4.69, 9.17) is 0 Å². The summed E-state index contributed by atoms with van der Waals surface area (Å²) in [5, 5.41) is 0. The van der Waals surface area contributed by atoms with Gasteiger partial charge in [0, 0.05) is 17.5 Å². The molecule has 2 nitrogen and oxygen atoms in total. The van der Waals surface area contributed by atoms with Gasteiger partial charge in [-0.2, -0.15) is 0 Å². The summed E-state index contributed by atoms with van der Waals surface area (Å²) in [7, 11) is 0. The lowest BCUT2D eigenvalue weighted by Gasteiger charge is -2.31. The standard InChI is InChI=1S/C9H14N2S/c1-7(2)11-5-3-4-8-9(11)10-6-12-8/h6-7H,3-5H2,1-2H3. The van der Waals surface area contributed by atoms with Crippen LogP contribution in [0.2, 0.25) is 0 Å². The second kappa shape index (κ2) is 3.05. The van der Waals surface area contributed by atoms with Gasteiger partial charge in [0.1, 0.15) is 5.82 Å². The van der Waals surface area contributed by atoms with Crippen molar-refractivity contribution >= 4 is 17.2 Å². The third-order valence-electron chi connectivity index (χ3n) is 2.32. The Balaban J connectivity index is 2.31. The minimum Gasteiger partial charge on any atom is -0.353 e. The minimum atomic E-state index is 0.589. The Bertz CT molecular complexity index is 267. The van der Waals surface area contributed by atoms with Crippen LogP contribution in [-0.4, -0.2) is 17.6 Å². The van der Waals surface area contributed by atoms with Crippen LogP contribution >= 0.6 is 11.3 Å². The quantitative estimate of drug-likeness (QED) is 0.662. The van der Waals surface area contributed by atoms with E-state index in [0.717, 1.165) is 0 Å². The Morgan fingerprint density at radius 2 is 2.42 bits per heavy atom. The van der Waals surface area contributed by atoms with Gasteiger partial charge in [0.2, 0.25) is 0 Å². The summed E-state index contributed by atoms with van der Waals surface area (Å²) >= 11 is 1.79. The molecule has 3 heteroatoms. The summed E-state index contributed by atoms with van der Waals surface area (Å²) in [5.74, 6) is 1.24. The molecule has 0 N–H and O–H groups in total. The summed E-state index contributed by atoms with van der Waals surface area (Å²) in [5.41, 5.74) is 1.96. The van der Waals surface area contributed by atoms with E-state index in [1.807, 2.05) is 5.51 Å². The summed E-state index contributed by atoms with van der Waals surface area (Å²) in [6, 6.07) is 0.589.